The van der Waals surface area contributed by atoms with E-state index in [0.717, 1.165) is 32.0 Å². The van der Waals surface area contributed by atoms with Crippen LogP contribution in [0.5, 0.6) is 0 Å². The number of ketones is 1. The molecule has 4 bridgehead atoms. The van der Waals surface area contributed by atoms with Crippen molar-refractivity contribution in [2.75, 3.05) is 13.7 Å². The number of hydrogen-bond donors (Lipinski definition) is 0. The Morgan fingerprint density at radius 2 is 1.57 bits per heavy atom. The molecule has 4 fully saturated rings. The first kappa shape index (κ1) is 28.7. The van der Waals surface area contributed by atoms with Crippen molar-refractivity contribution in [3.63, 3.8) is 0 Å². The lowest BCUT2D eigenvalue weighted by Gasteiger charge is -2.54. The minimum absolute atomic E-state index is 0.105. The van der Waals surface area contributed by atoms with Gasteiger partial charge in [0.25, 0.3) is 0 Å². The van der Waals surface area contributed by atoms with E-state index in [-0.39, 0.29) is 24.2 Å². The summed E-state index contributed by atoms with van der Waals surface area (Å²) in [6.45, 7) is -0.190. The van der Waals surface area contributed by atoms with E-state index < -0.39 is 47.0 Å². The summed E-state index contributed by atoms with van der Waals surface area (Å²) in [5.41, 5.74) is -1.04. The highest BCUT2D eigenvalue weighted by molar-refractivity contribution is 6.07. The zero-order valence-corrected chi connectivity index (χ0v) is 22.3. The van der Waals surface area contributed by atoms with Crippen molar-refractivity contribution in [2.24, 2.45) is 22.7 Å². The number of ether oxygens (including phenoxy) is 2. The topological polar surface area (TPSA) is 65.0 Å². The number of carbonyl (C=O) groups is 2. The third-order valence-electron chi connectivity index (χ3n) is 9.21. The molecule has 4 saturated carbocycles. The van der Waals surface area contributed by atoms with E-state index >= 15 is 0 Å². The van der Waals surface area contributed by atoms with Gasteiger partial charge in [-0.15, -0.1) is 0 Å². The highest BCUT2D eigenvalue weighted by atomic mass is 19.4. The smallest absolute Gasteiger partial charge is 0.433 e. The minimum Gasteiger partial charge on any atom is -0.433 e. The Bertz CT molecular complexity index is 1470. The summed E-state index contributed by atoms with van der Waals surface area (Å²) in [5.74, 6) is -12.2. The highest BCUT2D eigenvalue weighted by Gasteiger charge is 2.75. The number of rotatable bonds is 6. The molecule has 0 saturated heterocycles. The summed E-state index contributed by atoms with van der Waals surface area (Å²) < 4.78 is 107. The van der Waals surface area contributed by atoms with Gasteiger partial charge in [-0.3, -0.25) is 9.79 Å². The van der Waals surface area contributed by atoms with E-state index in [2.05, 4.69) is 4.99 Å². The quantitative estimate of drug-likeness (QED) is 0.199. The van der Waals surface area contributed by atoms with E-state index in [1.165, 1.54) is 6.07 Å². The standard InChI is InChI=1S/C30H26F7NO4/c1-38-25(28(31,32)29(33,34)30(35,36)37)16-6-7-21-22(10-16)19-4-2-3-5-20(19)23(21)14-41-26(40)42-27-11-15-8-17(12-27)24(39)18(9-15)13-27/h2-7,10,15,17-18,23H,8-9,11-14H2,1H3. The molecular formula is C30H26F7NO4. The molecule has 0 aromatic heterocycles. The predicted octanol–water partition coefficient (Wildman–Crippen LogP) is 7.35. The van der Waals surface area contributed by atoms with E-state index in [4.69, 9.17) is 9.47 Å². The van der Waals surface area contributed by atoms with Crippen LogP contribution >= 0.6 is 0 Å². The Labute approximate surface area is 236 Å². The lowest BCUT2D eigenvalue weighted by molar-refractivity contribution is -0.336. The van der Waals surface area contributed by atoms with E-state index in [1.807, 2.05) is 0 Å². The third kappa shape index (κ3) is 4.31. The van der Waals surface area contributed by atoms with Crippen molar-refractivity contribution >= 4 is 17.7 Å². The fourth-order valence-corrected chi connectivity index (χ4v) is 7.57. The second-order valence-corrected chi connectivity index (χ2v) is 11.8. The third-order valence-corrected chi connectivity index (χ3v) is 9.21. The van der Waals surface area contributed by atoms with Crippen LogP contribution in [0, 0.1) is 17.8 Å². The zero-order chi connectivity index (χ0) is 30.2. The number of nitrogens with zero attached hydrogens (tertiary/aromatic N) is 1. The van der Waals surface area contributed by atoms with Crippen LogP contribution in [0.1, 0.15) is 54.7 Å². The summed E-state index contributed by atoms with van der Waals surface area (Å²) in [5, 5.41) is 0. The van der Waals surface area contributed by atoms with Gasteiger partial charge in [0.05, 0.1) is 0 Å². The summed E-state index contributed by atoms with van der Waals surface area (Å²) in [7, 11) is 0.721. The van der Waals surface area contributed by atoms with Crippen LogP contribution in [0.25, 0.3) is 11.1 Å². The Kier molecular flexibility index (Phi) is 6.51. The lowest BCUT2D eigenvalue weighted by atomic mass is 9.53. The number of alkyl halides is 7. The molecule has 5 nitrogen and oxygen atoms in total. The van der Waals surface area contributed by atoms with Crippen LogP contribution in [-0.4, -0.2) is 54.9 Å². The molecule has 0 amide bonds. The Balaban J connectivity index is 1.24. The molecular weight excluding hydrogens is 571 g/mol. The fraction of sp³-hybridized carbons (Fsp3) is 0.500. The van der Waals surface area contributed by atoms with E-state index in [1.54, 1.807) is 24.3 Å². The van der Waals surface area contributed by atoms with Crippen molar-refractivity contribution in [3.05, 3.63) is 59.2 Å². The van der Waals surface area contributed by atoms with Crippen LogP contribution in [0.3, 0.4) is 0 Å². The Morgan fingerprint density at radius 1 is 0.929 bits per heavy atom. The maximum absolute atomic E-state index is 14.6. The summed E-state index contributed by atoms with van der Waals surface area (Å²) in [6.07, 6.45) is -4.12. The van der Waals surface area contributed by atoms with Crippen LogP contribution in [-0.2, 0) is 14.3 Å². The maximum Gasteiger partial charge on any atom is 0.508 e. The van der Waals surface area contributed by atoms with Gasteiger partial charge >= 0.3 is 24.2 Å². The first-order valence-corrected chi connectivity index (χ1v) is 13.6. The summed E-state index contributed by atoms with van der Waals surface area (Å²) >= 11 is 0. The molecule has 3 unspecified atom stereocenters. The number of hydrogen-bond acceptors (Lipinski definition) is 5. The van der Waals surface area contributed by atoms with Gasteiger partial charge in [-0.05, 0) is 66.3 Å². The van der Waals surface area contributed by atoms with Gasteiger partial charge in [0, 0.05) is 30.4 Å². The van der Waals surface area contributed by atoms with Gasteiger partial charge in [0.15, 0.2) is 0 Å². The van der Waals surface area contributed by atoms with Crippen molar-refractivity contribution in [3.8, 4) is 11.1 Å². The van der Waals surface area contributed by atoms with Gasteiger partial charge in [0.1, 0.15) is 23.7 Å². The van der Waals surface area contributed by atoms with Crippen LogP contribution in [0.15, 0.2) is 47.5 Å². The predicted molar refractivity (Wildman–Crippen MR) is 136 cm³/mol. The monoisotopic (exact) mass is 597 g/mol. The zero-order valence-electron chi connectivity index (χ0n) is 22.3. The van der Waals surface area contributed by atoms with E-state index in [0.29, 0.717) is 47.4 Å². The molecule has 0 radical (unpaired) electrons. The molecule has 0 aliphatic heterocycles. The van der Waals surface area contributed by atoms with Crippen molar-refractivity contribution < 1.29 is 49.8 Å². The molecule has 7 rings (SSSR count). The first-order chi connectivity index (χ1) is 19.7. The normalized spacial score (nSPS) is 28.5. The number of aliphatic imine (C=N–C) groups is 1. The molecule has 2 aromatic rings. The molecule has 2 aromatic carbocycles. The SMILES string of the molecule is CN=C(c1ccc2c(c1)-c1ccccc1C2COC(=O)OC12CC3CC(C1)C(=O)C(C3)C2)C(F)(F)C(F)(F)C(F)(F)F. The molecule has 5 aliphatic rings. The average molecular weight is 598 g/mol. The van der Waals surface area contributed by atoms with Gasteiger partial charge in [0.2, 0.25) is 0 Å². The minimum atomic E-state index is -6.50. The number of carbonyl (C=O) groups excluding carboxylic acids is 2. The van der Waals surface area contributed by atoms with Crippen LogP contribution in [0.4, 0.5) is 35.5 Å². The maximum atomic E-state index is 14.6. The van der Waals surface area contributed by atoms with Crippen molar-refractivity contribution in [1.29, 1.82) is 0 Å². The summed E-state index contributed by atoms with van der Waals surface area (Å²) in [6, 6.07) is 10.2. The van der Waals surface area contributed by atoms with Crippen molar-refractivity contribution in [1.82, 2.24) is 0 Å². The first-order valence-electron chi connectivity index (χ1n) is 13.6. The molecule has 5 aliphatic carbocycles. The van der Waals surface area contributed by atoms with Crippen molar-refractivity contribution in [2.45, 2.75) is 61.6 Å². The van der Waals surface area contributed by atoms with Gasteiger partial charge < -0.3 is 9.47 Å². The lowest BCUT2D eigenvalue weighted by Crippen LogP contribution is -2.56. The highest BCUT2D eigenvalue weighted by Crippen LogP contribution is 2.56. The van der Waals surface area contributed by atoms with Crippen LogP contribution < -0.4 is 0 Å². The average Bonchev–Trinajstić information content (AvgIpc) is 3.22. The molecule has 0 heterocycles. The Hall–Kier alpha value is -3.44. The number of halogens is 7. The number of Topliss-reactive ketones (excluding diaryl/α,β-unsaturated/α-hetero) is 1. The van der Waals surface area contributed by atoms with Gasteiger partial charge in [-0.2, -0.15) is 30.7 Å². The number of fused-ring (bicyclic) bond motifs is 3. The van der Waals surface area contributed by atoms with Gasteiger partial charge in [-0.1, -0.05) is 36.4 Å². The molecule has 224 valence electrons. The second kappa shape index (κ2) is 9.54. The van der Waals surface area contributed by atoms with E-state index in [9.17, 15) is 40.3 Å². The largest absolute Gasteiger partial charge is 0.508 e. The number of benzene rings is 2. The fourth-order valence-electron chi connectivity index (χ4n) is 7.57. The van der Waals surface area contributed by atoms with Gasteiger partial charge in [-0.25, -0.2) is 4.79 Å². The molecule has 0 spiro atoms. The van der Waals surface area contributed by atoms with Crippen LogP contribution in [0.2, 0.25) is 0 Å². The Morgan fingerprint density at radius 3 is 2.21 bits per heavy atom. The molecule has 3 atom stereocenters. The molecule has 42 heavy (non-hydrogen) atoms. The summed E-state index contributed by atoms with van der Waals surface area (Å²) in [4.78, 5) is 28.5. The second-order valence-electron chi connectivity index (χ2n) is 11.8. The molecule has 12 heteroatoms. The molecule has 0 N–H and O–H groups in total.